The van der Waals surface area contributed by atoms with Crippen molar-refractivity contribution < 1.29 is 0 Å². The first-order valence-corrected chi connectivity index (χ1v) is 8.60. The van der Waals surface area contributed by atoms with E-state index in [1.807, 2.05) is 0 Å². The molecule has 0 aliphatic heterocycles. The van der Waals surface area contributed by atoms with Crippen LogP contribution in [-0.4, -0.2) is 19.1 Å². The molecule has 116 valence electrons. The summed E-state index contributed by atoms with van der Waals surface area (Å²) in [5, 5.41) is 0. The molecule has 2 N–H and O–H groups in total. The standard InChI is InChI=1S/C19H30N2/c1-16-5-7-17(8-6-16)21(2)19(15-20)13-11-18(12-14-19)9-3-4-10-18/h5-8H,3-4,9-15,20H2,1-2H3. The molecule has 0 bridgehead atoms. The van der Waals surface area contributed by atoms with Crippen LogP contribution in [0, 0.1) is 12.3 Å². The Morgan fingerprint density at radius 1 is 0.952 bits per heavy atom. The Labute approximate surface area is 129 Å². The maximum absolute atomic E-state index is 6.25. The molecule has 0 saturated heterocycles. The highest BCUT2D eigenvalue weighted by atomic mass is 15.2. The summed E-state index contributed by atoms with van der Waals surface area (Å²) in [7, 11) is 2.24. The zero-order valence-corrected chi connectivity index (χ0v) is 13.7. The Kier molecular flexibility index (Phi) is 4.00. The number of nitrogens with two attached hydrogens (primary N) is 1. The highest BCUT2D eigenvalue weighted by molar-refractivity contribution is 5.49. The lowest BCUT2D eigenvalue weighted by Gasteiger charge is -2.50. The van der Waals surface area contributed by atoms with E-state index in [4.69, 9.17) is 5.73 Å². The van der Waals surface area contributed by atoms with E-state index in [0.29, 0.717) is 5.41 Å². The predicted octanol–water partition coefficient (Wildman–Crippen LogP) is 4.26. The molecule has 21 heavy (non-hydrogen) atoms. The number of anilines is 1. The van der Waals surface area contributed by atoms with Crippen molar-refractivity contribution in [1.82, 2.24) is 0 Å². The maximum Gasteiger partial charge on any atom is 0.0521 e. The third-order valence-electron chi connectivity index (χ3n) is 6.42. The first kappa shape index (κ1) is 14.9. The summed E-state index contributed by atoms with van der Waals surface area (Å²) >= 11 is 0. The lowest BCUT2D eigenvalue weighted by atomic mass is 9.66. The second kappa shape index (κ2) is 5.64. The van der Waals surface area contributed by atoms with E-state index in [9.17, 15) is 0 Å². The zero-order chi connectivity index (χ0) is 14.9. The lowest BCUT2D eigenvalue weighted by molar-refractivity contribution is 0.135. The fourth-order valence-electron chi connectivity index (χ4n) is 4.59. The Hall–Kier alpha value is -1.02. The van der Waals surface area contributed by atoms with E-state index in [-0.39, 0.29) is 5.54 Å². The Bertz CT molecular complexity index is 461. The molecule has 2 fully saturated rings. The molecule has 0 unspecified atom stereocenters. The quantitative estimate of drug-likeness (QED) is 0.899. The van der Waals surface area contributed by atoms with E-state index in [0.717, 1.165) is 6.54 Å². The summed E-state index contributed by atoms with van der Waals surface area (Å²) in [4.78, 5) is 2.47. The second-order valence-electron chi connectivity index (χ2n) is 7.53. The molecule has 0 aromatic heterocycles. The number of benzene rings is 1. The molecule has 2 saturated carbocycles. The molecular weight excluding hydrogens is 256 g/mol. The lowest BCUT2D eigenvalue weighted by Crippen LogP contribution is -2.55. The first-order chi connectivity index (χ1) is 10.1. The number of rotatable bonds is 3. The Balaban J connectivity index is 1.76. The van der Waals surface area contributed by atoms with Crippen molar-refractivity contribution in [2.75, 3.05) is 18.5 Å². The van der Waals surface area contributed by atoms with Gasteiger partial charge in [-0.3, -0.25) is 0 Å². The van der Waals surface area contributed by atoms with Crippen LogP contribution in [-0.2, 0) is 0 Å². The van der Waals surface area contributed by atoms with Gasteiger partial charge >= 0.3 is 0 Å². The summed E-state index contributed by atoms with van der Waals surface area (Å²) in [6, 6.07) is 8.90. The van der Waals surface area contributed by atoms with Crippen molar-refractivity contribution in [1.29, 1.82) is 0 Å². The highest BCUT2D eigenvalue weighted by Crippen LogP contribution is 2.52. The fraction of sp³-hybridized carbons (Fsp3) is 0.684. The van der Waals surface area contributed by atoms with Crippen LogP contribution in [0.2, 0.25) is 0 Å². The van der Waals surface area contributed by atoms with Crippen molar-refractivity contribution in [2.24, 2.45) is 11.1 Å². The van der Waals surface area contributed by atoms with Gasteiger partial charge in [0.25, 0.3) is 0 Å². The van der Waals surface area contributed by atoms with Crippen molar-refractivity contribution in [3.05, 3.63) is 29.8 Å². The molecule has 2 heteroatoms. The topological polar surface area (TPSA) is 29.3 Å². The molecule has 1 aromatic rings. The van der Waals surface area contributed by atoms with Gasteiger partial charge in [-0.05, 0) is 63.0 Å². The summed E-state index contributed by atoms with van der Waals surface area (Å²) in [5.41, 5.74) is 9.73. The van der Waals surface area contributed by atoms with Gasteiger partial charge in [0, 0.05) is 19.3 Å². The predicted molar refractivity (Wildman–Crippen MR) is 90.7 cm³/mol. The molecule has 1 spiro atoms. The smallest absolute Gasteiger partial charge is 0.0521 e. The molecular formula is C19H30N2. The van der Waals surface area contributed by atoms with Crippen LogP contribution >= 0.6 is 0 Å². The monoisotopic (exact) mass is 286 g/mol. The van der Waals surface area contributed by atoms with Gasteiger partial charge in [0.1, 0.15) is 0 Å². The van der Waals surface area contributed by atoms with Crippen LogP contribution in [0.15, 0.2) is 24.3 Å². The van der Waals surface area contributed by atoms with Crippen LogP contribution in [0.1, 0.15) is 56.9 Å². The molecule has 3 rings (SSSR count). The summed E-state index contributed by atoms with van der Waals surface area (Å²) in [5.74, 6) is 0. The van der Waals surface area contributed by atoms with Crippen molar-refractivity contribution in [3.63, 3.8) is 0 Å². The number of hydrogen-bond acceptors (Lipinski definition) is 2. The van der Waals surface area contributed by atoms with Crippen molar-refractivity contribution in [3.8, 4) is 0 Å². The first-order valence-electron chi connectivity index (χ1n) is 8.60. The van der Waals surface area contributed by atoms with Gasteiger partial charge in [0.05, 0.1) is 5.54 Å². The minimum absolute atomic E-state index is 0.170. The fourth-order valence-corrected chi connectivity index (χ4v) is 4.59. The van der Waals surface area contributed by atoms with Crippen molar-refractivity contribution in [2.45, 2.75) is 63.8 Å². The molecule has 0 radical (unpaired) electrons. The summed E-state index contributed by atoms with van der Waals surface area (Å²) in [6.07, 6.45) is 11.1. The minimum atomic E-state index is 0.170. The molecule has 0 amide bonds. The van der Waals surface area contributed by atoms with E-state index in [2.05, 4.69) is 43.1 Å². The van der Waals surface area contributed by atoms with Crippen LogP contribution < -0.4 is 10.6 Å². The third kappa shape index (κ3) is 2.70. The van der Waals surface area contributed by atoms with Crippen LogP contribution in [0.4, 0.5) is 5.69 Å². The number of nitrogens with zero attached hydrogens (tertiary/aromatic N) is 1. The summed E-state index contributed by atoms with van der Waals surface area (Å²) < 4.78 is 0. The van der Waals surface area contributed by atoms with Gasteiger partial charge in [-0.15, -0.1) is 0 Å². The van der Waals surface area contributed by atoms with Crippen LogP contribution in [0.25, 0.3) is 0 Å². The van der Waals surface area contributed by atoms with Crippen LogP contribution in [0.3, 0.4) is 0 Å². The third-order valence-corrected chi connectivity index (χ3v) is 6.42. The summed E-state index contributed by atoms with van der Waals surface area (Å²) in [6.45, 7) is 2.92. The minimum Gasteiger partial charge on any atom is -0.368 e. The molecule has 0 heterocycles. The average Bonchev–Trinajstić information content (AvgIpc) is 2.97. The van der Waals surface area contributed by atoms with E-state index >= 15 is 0 Å². The van der Waals surface area contributed by atoms with Gasteiger partial charge in [0.15, 0.2) is 0 Å². The molecule has 1 aromatic carbocycles. The van der Waals surface area contributed by atoms with Gasteiger partial charge in [0.2, 0.25) is 0 Å². The van der Waals surface area contributed by atoms with Gasteiger partial charge in [-0.2, -0.15) is 0 Å². The normalized spacial score (nSPS) is 23.4. The second-order valence-corrected chi connectivity index (χ2v) is 7.53. The molecule has 2 aliphatic rings. The average molecular weight is 286 g/mol. The maximum atomic E-state index is 6.25. The highest BCUT2D eigenvalue weighted by Gasteiger charge is 2.45. The number of aryl methyl sites for hydroxylation is 1. The van der Waals surface area contributed by atoms with Gasteiger partial charge in [-0.1, -0.05) is 30.5 Å². The molecule has 2 aliphatic carbocycles. The Morgan fingerprint density at radius 3 is 2.05 bits per heavy atom. The van der Waals surface area contributed by atoms with Gasteiger partial charge < -0.3 is 10.6 Å². The largest absolute Gasteiger partial charge is 0.368 e. The van der Waals surface area contributed by atoms with E-state index < -0.39 is 0 Å². The van der Waals surface area contributed by atoms with E-state index in [1.165, 1.54) is 62.6 Å². The Morgan fingerprint density at radius 2 is 1.52 bits per heavy atom. The van der Waals surface area contributed by atoms with Gasteiger partial charge in [-0.25, -0.2) is 0 Å². The van der Waals surface area contributed by atoms with E-state index in [1.54, 1.807) is 0 Å². The van der Waals surface area contributed by atoms with Crippen LogP contribution in [0.5, 0.6) is 0 Å². The molecule has 2 nitrogen and oxygen atoms in total. The molecule has 0 atom stereocenters. The van der Waals surface area contributed by atoms with Crippen molar-refractivity contribution >= 4 is 5.69 Å². The zero-order valence-electron chi connectivity index (χ0n) is 13.7. The number of likely N-dealkylation sites (N-methyl/N-ethyl adjacent to an activating group) is 1. The number of hydrogen-bond donors (Lipinski definition) is 1. The SMILES string of the molecule is Cc1ccc(N(C)C2(CN)CCC3(CCCC3)CC2)cc1.